The van der Waals surface area contributed by atoms with Crippen LogP contribution in [0, 0.1) is 0 Å². The highest BCUT2D eigenvalue weighted by Gasteiger charge is 2.19. The average molecular weight is 285 g/mol. The van der Waals surface area contributed by atoms with Crippen LogP contribution in [0.3, 0.4) is 0 Å². The molecule has 0 fully saturated rings. The van der Waals surface area contributed by atoms with Gasteiger partial charge in [0.1, 0.15) is 5.82 Å². The summed E-state index contributed by atoms with van der Waals surface area (Å²) in [5.74, 6) is 2.11. The van der Waals surface area contributed by atoms with Crippen LogP contribution in [0.1, 0.15) is 11.1 Å². The highest BCUT2D eigenvalue weighted by atomic mass is 16.5. The maximum atomic E-state index is 5.64. The molecule has 0 saturated carbocycles. The Morgan fingerprint density at radius 2 is 1.81 bits per heavy atom. The van der Waals surface area contributed by atoms with E-state index in [2.05, 4.69) is 22.0 Å². The summed E-state index contributed by atoms with van der Waals surface area (Å²) in [6.07, 6.45) is 2.79. The number of nitrogens with two attached hydrogens (primary N) is 1. The summed E-state index contributed by atoms with van der Waals surface area (Å²) >= 11 is 0. The molecule has 2 aromatic rings. The number of hydrogen-bond donors (Lipinski definition) is 1. The monoisotopic (exact) mass is 285 g/mol. The van der Waals surface area contributed by atoms with Crippen LogP contribution in [0.5, 0.6) is 11.5 Å². The Kier molecular flexibility index (Phi) is 3.56. The minimum absolute atomic E-state index is 0.544. The van der Waals surface area contributed by atoms with Gasteiger partial charge in [-0.3, -0.25) is 0 Å². The number of anilines is 2. The van der Waals surface area contributed by atoms with Crippen molar-refractivity contribution in [2.24, 2.45) is 0 Å². The van der Waals surface area contributed by atoms with E-state index in [0.29, 0.717) is 5.82 Å². The van der Waals surface area contributed by atoms with Crippen LogP contribution < -0.4 is 20.1 Å². The minimum Gasteiger partial charge on any atom is -0.493 e. The van der Waals surface area contributed by atoms with E-state index in [1.807, 2.05) is 18.3 Å². The normalized spacial score (nSPS) is 13.7. The summed E-state index contributed by atoms with van der Waals surface area (Å²) in [7, 11) is 3.33. The van der Waals surface area contributed by atoms with E-state index in [9.17, 15) is 0 Å². The quantitative estimate of drug-likeness (QED) is 0.937. The lowest BCUT2D eigenvalue weighted by atomic mass is 9.98. The number of aromatic nitrogens is 1. The van der Waals surface area contributed by atoms with E-state index in [0.717, 1.165) is 36.7 Å². The van der Waals surface area contributed by atoms with Gasteiger partial charge >= 0.3 is 0 Å². The van der Waals surface area contributed by atoms with Gasteiger partial charge in [0, 0.05) is 13.1 Å². The summed E-state index contributed by atoms with van der Waals surface area (Å²) in [4.78, 5) is 6.46. The van der Waals surface area contributed by atoms with Crippen molar-refractivity contribution < 1.29 is 9.47 Å². The molecule has 2 heterocycles. The number of rotatable bonds is 3. The molecule has 0 atom stereocenters. The summed E-state index contributed by atoms with van der Waals surface area (Å²) in [5, 5.41) is 0. The molecule has 0 radical (unpaired) electrons. The average Bonchev–Trinajstić information content (AvgIpc) is 2.53. The first kappa shape index (κ1) is 13.5. The van der Waals surface area contributed by atoms with Crippen LogP contribution in [0.15, 0.2) is 30.5 Å². The number of nitrogen functional groups attached to an aromatic ring is 1. The second-order valence-electron chi connectivity index (χ2n) is 5.09. The van der Waals surface area contributed by atoms with Crippen LogP contribution >= 0.6 is 0 Å². The molecule has 0 aliphatic carbocycles. The highest BCUT2D eigenvalue weighted by molar-refractivity contribution is 5.54. The Bertz CT molecular complexity index is 641. The first-order valence-electron chi connectivity index (χ1n) is 6.91. The molecule has 0 spiro atoms. The predicted molar refractivity (Wildman–Crippen MR) is 82.9 cm³/mol. The van der Waals surface area contributed by atoms with Crippen molar-refractivity contribution in [3.8, 4) is 11.5 Å². The van der Waals surface area contributed by atoms with Gasteiger partial charge < -0.3 is 20.1 Å². The number of hydrogen-bond acceptors (Lipinski definition) is 5. The Morgan fingerprint density at radius 1 is 1.10 bits per heavy atom. The number of ether oxygens (including phenoxy) is 2. The van der Waals surface area contributed by atoms with E-state index in [1.54, 1.807) is 14.2 Å². The zero-order valence-electron chi connectivity index (χ0n) is 12.3. The lowest BCUT2D eigenvalue weighted by Crippen LogP contribution is -2.30. The van der Waals surface area contributed by atoms with E-state index < -0.39 is 0 Å². The molecule has 1 aliphatic heterocycles. The van der Waals surface area contributed by atoms with E-state index in [4.69, 9.17) is 15.2 Å². The molecule has 0 unspecified atom stereocenters. The standard InChI is InChI=1S/C16H19N3O2/c1-20-14-7-11-5-6-19(10-12(11)8-15(14)21-2)13-3-4-16(17)18-9-13/h3-4,7-9H,5-6,10H2,1-2H3,(H2,17,18). The summed E-state index contributed by atoms with van der Waals surface area (Å²) < 4.78 is 10.8. The number of nitrogens with zero attached hydrogens (tertiary/aromatic N) is 2. The van der Waals surface area contributed by atoms with Crippen molar-refractivity contribution in [1.29, 1.82) is 0 Å². The fourth-order valence-electron chi connectivity index (χ4n) is 2.69. The third-order valence-electron chi connectivity index (χ3n) is 3.85. The second-order valence-corrected chi connectivity index (χ2v) is 5.09. The zero-order valence-corrected chi connectivity index (χ0v) is 12.3. The second kappa shape index (κ2) is 5.52. The Balaban J connectivity index is 1.89. The van der Waals surface area contributed by atoms with Gasteiger partial charge in [0.2, 0.25) is 0 Å². The molecule has 5 nitrogen and oxygen atoms in total. The molecular formula is C16H19N3O2. The molecule has 0 saturated heterocycles. The van der Waals surface area contributed by atoms with Crippen molar-refractivity contribution in [1.82, 2.24) is 4.98 Å². The van der Waals surface area contributed by atoms with E-state index in [1.165, 1.54) is 11.1 Å². The van der Waals surface area contributed by atoms with Gasteiger partial charge in [-0.25, -0.2) is 4.98 Å². The molecule has 1 aliphatic rings. The molecule has 5 heteroatoms. The fourth-order valence-corrected chi connectivity index (χ4v) is 2.69. The number of pyridine rings is 1. The largest absolute Gasteiger partial charge is 0.493 e. The third kappa shape index (κ3) is 2.59. The molecular weight excluding hydrogens is 266 g/mol. The minimum atomic E-state index is 0.544. The predicted octanol–water partition coefficient (Wildman–Crippen LogP) is 2.24. The van der Waals surface area contributed by atoms with E-state index >= 15 is 0 Å². The third-order valence-corrected chi connectivity index (χ3v) is 3.85. The molecule has 0 amide bonds. The van der Waals surface area contributed by atoms with Gasteiger partial charge in [0.25, 0.3) is 0 Å². The van der Waals surface area contributed by atoms with Gasteiger partial charge in [0.15, 0.2) is 11.5 Å². The Hall–Kier alpha value is -2.43. The number of methoxy groups -OCH3 is 2. The van der Waals surface area contributed by atoms with Crippen LogP contribution in [0.25, 0.3) is 0 Å². The maximum absolute atomic E-state index is 5.64. The number of benzene rings is 1. The molecule has 1 aromatic carbocycles. The van der Waals surface area contributed by atoms with Crippen LogP contribution in [0.4, 0.5) is 11.5 Å². The molecule has 1 aromatic heterocycles. The summed E-state index contributed by atoms with van der Waals surface area (Å²) in [6.45, 7) is 1.79. The smallest absolute Gasteiger partial charge is 0.161 e. The molecule has 0 bridgehead atoms. The van der Waals surface area contributed by atoms with Crippen molar-refractivity contribution in [2.45, 2.75) is 13.0 Å². The maximum Gasteiger partial charge on any atom is 0.161 e. The Morgan fingerprint density at radius 3 is 2.43 bits per heavy atom. The fraction of sp³-hybridized carbons (Fsp3) is 0.312. The lowest BCUT2D eigenvalue weighted by Gasteiger charge is -2.31. The molecule has 3 rings (SSSR count). The topological polar surface area (TPSA) is 60.6 Å². The van der Waals surface area contributed by atoms with E-state index in [-0.39, 0.29) is 0 Å². The lowest BCUT2D eigenvalue weighted by molar-refractivity contribution is 0.353. The SMILES string of the molecule is COc1cc2c(cc1OC)CN(c1ccc(N)nc1)CC2. The van der Waals surface area contributed by atoms with Crippen molar-refractivity contribution >= 4 is 11.5 Å². The molecule has 2 N–H and O–H groups in total. The summed E-state index contributed by atoms with van der Waals surface area (Å²) in [5.41, 5.74) is 9.30. The van der Waals surface area contributed by atoms with Gasteiger partial charge in [-0.15, -0.1) is 0 Å². The first-order valence-corrected chi connectivity index (χ1v) is 6.91. The van der Waals surface area contributed by atoms with Crippen LogP contribution in [-0.4, -0.2) is 25.7 Å². The van der Waals surface area contributed by atoms with Crippen molar-refractivity contribution in [3.05, 3.63) is 41.6 Å². The van der Waals surface area contributed by atoms with Crippen molar-refractivity contribution in [3.63, 3.8) is 0 Å². The molecule has 21 heavy (non-hydrogen) atoms. The van der Waals surface area contributed by atoms with Gasteiger partial charge in [0.05, 0.1) is 26.1 Å². The van der Waals surface area contributed by atoms with Crippen LogP contribution in [0.2, 0.25) is 0 Å². The van der Waals surface area contributed by atoms with Gasteiger partial charge in [-0.05, 0) is 41.8 Å². The Labute approximate surface area is 124 Å². The first-order chi connectivity index (χ1) is 10.2. The van der Waals surface area contributed by atoms with Crippen LogP contribution in [-0.2, 0) is 13.0 Å². The number of fused-ring (bicyclic) bond motifs is 1. The van der Waals surface area contributed by atoms with Gasteiger partial charge in [-0.1, -0.05) is 0 Å². The zero-order chi connectivity index (χ0) is 14.8. The van der Waals surface area contributed by atoms with Gasteiger partial charge in [-0.2, -0.15) is 0 Å². The molecule has 110 valence electrons. The summed E-state index contributed by atoms with van der Waals surface area (Å²) in [6, 6.07) is 7.98. The van der Waals surface area contributed by atoms with Crippen molar-refractivity contribution in [2.75, 3.05) is 31.4 Å². The highest BCUT2D eigenvalue weighted by Crippen LogP contribution is 2.34.